The van der Waals surface area contributed by atoms with E-state index >= 15 is 0 Å². The number of carbonyl (C=O) groups is 1. The van der Waals surface area contributed by atoms with Crippen molar-refractivity contribution in [3.63, 3.8) is 0 Å². The molecule has 2 aromatic carbocycles. The van der Waals surface area contributed by atoms with E-state index in [1.54, 1.807) is 60.4 Å². The Balaban J connectivity index is 1.75. The first-order valence-electron chi connectivity index (χ1n) is 9.42. The third-order valence-corrected chi connectivity index (χ3v) is 6.78. The Morgan fingerprint density at radius 3 is 2.48 bits per heavy atom. The molecular formula is C22H23FN3O4P. The second kappa shape index (κ2) is 8.59. The van der Waals surface area contributed by atoms with Crippen LogP contribution in [-0.2, 0) is 21.6 Å². The van der Waals surface area contributed by atoms with Crippen LogP contribution in [0.2, 0.25) is 0 Å². The summed E-state index contributed by atoms with van der Waals surface area (Å²) in [7, 11) is -2.60. The van der Waals surface area contributed by atoms with Crippen LogP contribution < -0.4 is 5.32 Å². The predicted molar refractivity (Wildman–Crippen MR) is 118 cm³/mol. The molecule has 0 saturated heterocycles. The van der Waals surface area contributed by atoms with Crippen molar-refractivity contribution in [2.45, 2.75) is 19.0 Å². The Bertz CT molecular complexity index is 1180. The molecular weight excluding hydrogens is 420 g/mol. The minimum Gasteiger partial charge on any atom is -0.324 e. The number of nitrogens with one attached hydrogen (secondary N) is 1. The van der Waals surface area contributed by atoms with Gasteiger partial charge in [0.25, 0.3) is 0 Å². The second-order valence-electron chi connectivity index (χ2n) is 7.59. The number of hydrogen-bond donors (Lipinski definition) is 3. The van der Waals surface area contributed by atoms with Crippen molar-refractivity contribution < 1.29 is 23.5 Å². The number of benzene rings is 2. The quantitative estimate of drug-likeness (QED) is 0.389. The van der Waals surface area contributed by atoms with E-state index in [0.717, 1.165) is 0 Å². The summed E-state index contributed by atoms with van der Waals surface area (Å²) in [6, 6.07) is 12.4. The van der Waals surface area contributed by atoms with E-state index in [0.29, 0.717) is 28.1 Å². The predicted octanol–water partition coefficient (Wildman–Crippen LogP) is 4.29. The maximum absolute atomic E-state index is 13.6. The number of rotatable bonds is 6. The molecule has 3 N–H and O–H groups in total. The van der Waals surface area contributed by atoms with E-state index in [2.05, 4.69) is 10.4 Å². The Labute approximate surface area is 179 Å². The molecule has 0 unspecified atom stereocenters. The highest BCUT2D eigenvalue weighted by Crippen LogP contribution is 2.56. The molecule has 3 rings (SSSR count). The molecule has 1 heterocycles. The van der Waals surface area contributed by atoms with E-state index < -0.39 is 18.7 Å². The minimum atomic E-state index is -4.34. The number of halogens is 1. The first kappa shape index (κ1) is 22.6. The van der Waals surface area contributed by atoms with Crippen molar-refractivity contribution in [1.29, 1.82) is 0 Å². The molecule has 0 radical (unpaired) electrons. The molecule has 0 saturated carbocycles. The van der Waals surface area contributed by atoms with Crippen LogP contribution in [0.5, 0.6) is 0 Å². The first-order chi connectivity index (χ1) is 14.5. The maximum Gasteiger partial charge on any atom is 0.335 e. The van der Waals surface area contributed by atoms with Gasteiger partial charge in [-0.05, 0) is 49.8 Å². The summed E-state index contributed by atoms with van der Waals surface area (Å²) in [6.07, 6.45) is 4.52. The molecule has 0 fully saturated rings. The lowest BCUT2D eigenvalue weighted by Gasteiger charge is -2.26. The highest BCUT2D eigenvalue weighted by Gasteiger charge is 2.39. The van der Waals surface area contributed by atoms with Gasteiger partial charge in [0, 0.05) is 29.9 Å². The van der Waals surface area contributed by atoms with Gasteiger partial charge in [-0.1, -0.05) is 24.3 Å². The summed E-state index contributed by atoms with van der Waals surface area (Å²) in [5.74, 6) is -0.757. The number of carbonyl (C=O) groups excluding carboxylic acids is 1. The zero-order valence-corrected chi connectivity index (χ0v) is 18.2. The molecule has 0 aliphatic heterocycles. The van der Waals surface area contributed by atoms with Crippen molar-refractivity contribution in [3.05, 3.63) is 77.7 Å². The lowest BCUT2D eigenvalue weighted by atomic mass is 10.0. The number of aryl methyl sites for hydroxylation is 1. The molecule has 9 heteroatoms. The van der Waals surface area contributed by atoms with E-state index in [1.165, 1.54) is 32.1 Å². The second-order valence-corrected chi connectivity index (χ2v) is 9.79. The zero-order chi connectivity index (χ0) is 22.8. The largest absolute Gasteiger partial charge is 0.335 e. The third kappa shape index (κ3) is 4.99. The van der Waals surface area contributed by atoms with Gasteiger partial charge in [0.05, 0.1) is 17.0 Å². The number of amides is 1. The monoisotopic (exact) mass is 443 g/mol. The van der Waals surface area contributed by atoms with Crippen molar-refractivity contribution in [3.8, 4) is 11.3 Å². The van der Waals surface area contributed by atoms with Crippen molar-refractivity contribution in [2.75, 3.05) is 5.32 Å². The van der Waals surface area contributed by atoms with Crippen LogP contribution in [0.25, 0.3) is 17.3 Å². The molecule has 0 aliphatic carbocycles. The molecule has 0 aliphatic rings. The van der Waals surface area contributed by atoms with Crippen LogP contribution in [0.4, 0.5) is 10.1 Å². The SMILES string of the molecule is Cn1ncc(C=CC(=O)Nc2ccc(C(C)(C)P(=O)(O)O)cc2)c1-c1cccc(F)c1. The zero-order valence-electron chi connectivity index (χ0n) is 17.3. The smallest absolute Gasteiger partial charge is 0.324 e. The van der Waals surface area contributed by atoms with Gasteiger partial charge >= 0.3 is 7.60 Å². The minimum absolute atomic E-state index is 0.364. The fraction of sp³-hybridized carbons (Fsp3) is 0.182. The van der Waals surface area contributed by atoms with E-state index in [1.807, 2.05) is 0 Å². The highest BCUT2D eigenvalue weighted by molar-refractivity contribution is 7.53. The normalized spacial score (nSPS) is 12.3. The van der Waals surface area contributed by atoms with Gasteiger partial charge in [-0.2, -0.15) is 5.10 Å². The average Bonchev–Trinajstić information content (AvgIpc) is 3.06. The van der Waals surface area contributed by atoms with Gasteiger partial charge < -0.3 is 15.1 Å². The van der Waals surface area contributed by atoms with Gasteiger partial charge in [-0.15, -0.1) is 0 Å². The van der Waals surface area contributed by atoms with Gasteiger partial charge in [0.15, 0.2) is 0 Å². The van der Waals surface area contributed by atoms with Gasteiger partial charge in [-0.3, -0.25) is 14.0 Å². The molecule has 0 atom stereocenters. The molecule has 1 aromatic heterocycles. The molecule has 1 amide bonds. The molecule has 0 spiro atoms. The molecule has 162 valence electrons. The molecule has 3 aromatic rings. The average molecular weight is 443 g/mol. The van der Waals surface area contributed by atoms with Crippen LogP contribution in [-0.4, -0.2) is 25.5 Å². The van der Waals surface area contributed by atoms with Gasteiger partial charge in [-0.25, -0.2) is 4.39 Å². The van der Waals surface area contributed by atoms with Crippen LogP contribution >= 0.6 is 7.60 Å². The lowest BCUT2D eigenvalue weighted by molar-refractivity contribution is -0.111. The van der Waals surface area contributed by atoms with Crippen molar-refractivity contribution >= 4 is 25.3 Å². The van der Waals surface area contributed by atoms with E-state index in [-0.39, 0.29) is 5.82 Å². The van der Waals surface area contributed by atoms with Gasteiger partial charge in [0.1, 0.15) is 5.82 Å². The fourth-order valence-corrected chi connectivity index (χ4v) is 3.53. The maximum atomic E-state index is 13.6. The molecule has 7 nitrogen and oxygen atoms in total. The number of nitrogens with zero attached hydrogens (tertiary/aromatic N) is 2. The summed E-state index contributed by atoms with van der Waals surface area (Å²) in [5, 5.41) is 5.55. The van der Waals surface area contributed by atoms with Crippen molar-refractivity contribution in [2.24, 2.45) is 7.05 Å². The molecule has 31 heavy (non-hydrogen) atoms. The van der Waals surface area contributed by atoms with E-state index in [9.17, 15) is 23.5 Å². The fourth-order valence-electron chi connectivity index (χ4n) is 3.04. The summed E-state index contributed by atoms with van der Waals surface area (Å²) < 4.78 is 26.9. The highest BCUT2D eigenvalue weighted by atomic mass is 31.2. The Morgan fingerprint density at radius 2 is 1.87 bits per heavy atom. The standard InChI is InChI=1S/C22H23FN3O4P/c1-22(2,31(28,29)30)17-8-10-19(11-9-17)25-20(27)12-7-16-14-24-26(3)21(16)15-5-4-6-18(23)13-15/h4-14H,1-3H3,(H,25,27)(H2,28,29,30). The van der Waals surface area contributed by atoms with Crippen molar-refractivity contribution in [1.82, 2.24) is 9.78 Å². The van der Waals surface area contributed by atoms with Crippen LogP contribution in [0.15, 0.2) is 60.8 Å². The topological polar surface area (TPSA) is 104 Å². The van der Waals surface area contributed by atoms with Crippen LogP contribution in [0.3, 0.4) is 0 Å². The summed E-state index contributed by atoms with van der Waals surface area (Å²) >= 11 is 0. The number of aromatic nitrogens is 2. The summed E-state index contributed by atoms with van der Waals surface area (Å²) in [5.41, 5.74) is 2.92. The van der Waals surface area contributed by atoms with Crippen LogP contribution in [0, 0.1) is 5.82 Å². The summed E-state index contributed by atoms with van der Waals surface area (Å²) in [4.78, 5) is 31.4. The Hall–Kier alpha value is -3.06. The summed E-state index contributed by atoms with van der Waals surface area (Å²) in [6.45, 7) is 2.93. The number of hydrogen-bond acceptors (Lipinski definition) is 3. The Kier molecular flexibility index (Phi) is 6.27. The number of anilines is 1. The van der Waals surface area contributed by atoms with Crippen LogP contribution in [0.1, 0.15) is 25.0 Å². The Morgan fingerprint density at radius 1 is 1.19 bits per heavy atom. The lowest BCUT2D eigenvalue weighted by Crippen LogP contribution is -2.17. The van der Waals surface area contributed by atoms with Gasteiger partial charge in [0.2, 0.25) is 5.91 Å². The molecule has 0 bridgehead atoms. The third-order valence-electron chi connectivity index (χ3n) is 5.07. The first-order valence-corrected chi connectivity index (χ1v) is 11.0. The van der Waals surface area contributed by atoms with E-state index in [4.69, 9.17) is 0 Å².